The first-order valence-corrected chi connectivity index (χ1v) is 10.9. The summed E-state index contributed by atoms with van der Waals surface area (Å²) >= 11 is 5.99. The third-order valence-corrected chi connectivity index (χ3v) is 6.85. The van der Waals surface area contributed by atoms with Crippen LogP contribution in [0.3, 0.4) is 0 Å². The molecule has 1 amide bonds. The highest BCUT2D eigenvalue weighted by molar-refractivity contribution is 6.30. The summed E-state index contributed by atoms with van der Waals surface area (Å²) in [4.78, 5) is 17.6. The van der Waals surface area contributed by atoms with E-state index in [2.05, 4.69) is 35.2 Å². The number of fused-ring (bicyclic) bond motifs is 1. The molecule has 2 heterocycles. The van der Waals surface area contributed by atoms with Gasteiger partial charge in [0.25, 0.3) is 5.91 Å². The van der Waals surface area contributed by atoms with Crippen LogP contribution in [-0.4, -0.2) is 60.1 Å². The zero-order valence-corrected chi connectivity index (χ0v) is 17.5. The van der Waals surface area contributed by atoms with Crippen LogP contribution in [-0.2, 0) is 6.42 Å². The van der Waals surface area contributed by atoms with Gasteiger partial charge in [0.2, 0.25) is 0 Å². The molecule has 2 saturated heterocycles. The maximum atomic E-state index is 13.1. The van der Waals surface area contributed by atoms with Gasteiger partial charge in [0.05, 0.1) is 0 Å². The quantitative estimate of drug-likeness (QED) is 0.753. The molecule has 4 nitrogen and oxygen atoms in total. The van der Waals surface area contributed by atoms with E-state index in [1.165, 1.54) is 5.56 Å². The number of aryl methyl sites for hydroxylation is 1. The van der Waals surface area contributed by atoms with Crippen molar-refractivity contribution in [3.63, 3.8) is 0 Å². The Hall–Kier alpha value is -1.88. The van der Waals surface area contributed by atoms with E-state index in [1.54, 1.807) is 12.1 Å². The highest BCUT2D eigenvalue weighted by atomic mass is 35.5. The SMILES string of the molecule is O=C(c1ccc(Cl)cc1)N1C[C@@H]2CN(CCCO)C[C@]2(CCc2ccccc2)C1. The van der Waals surface area contributed by atoms with E-state index in [9.17, 15) is 9.90 Å². The predicted molar refractivity (Wildman–Crippen MR) is 116 cm³/mol. The van der Waals surface area contributed by atoms with Gasteiger partial charge in [-0.25, -0.2) is 0 Å². The molecular weight excluding hydrogens is 384 g/mol. The summed E-state index contributed by atoms with van der Waals surface area (Å²) in [6.45, 7) is 4.81. The Morgan fingerprint density at radius 2 is 1.83 bits per heavy atom. The highest BCUT2D eigenvalue weighted by Crippen LogP contribution is 2.46. The van der Waals surface area contributed by atoms with Gasteiger partial charge in [-0.05, 0) is 55.0 Å². The molecule has 29 heavy (non-hydrogen) atoms. The van der Waals surface area contributed by atoms with Crippen LogP contribution in [0.1, 0.15) is 28.8 Å². The zero-order valence-electron chi connectivity index (χ0n) is 16.8. The van der Waals surface area contributed by atoms with Crippen molar-refractivity contribution in [2.45, 2.75) is 19.3 Å². The normalized spacial score (nSPS) is 24.1. The van der Waals surface area contributed by atoms with Gasteiger partial charge in [0.1, 0.15) is 0 Å². The molecule has 0 saturated carbocycles. The fourth-order valence-electron chi connectivity index (χ4n) is 5.08. The Morgan fingerprint density at radius 3 is 2.55 bits per heavy atom. The molecule has 2 aromatic rings. The van der Waals surface area contributed by atoms with Crippen LogP contribution >= 0.6 is 11.6 Å². The molecule has 2 aromatic carbocycles. The molecule has 154 valence electrons. The first-order chi connectivity index (χ1) is 14.1. The Morgan fingerprint density at radius 1 is 1.07 bits per heavy atom. The number of aliphatic hydroxyl groups is 1. The van der Waals surface area contributed by atoms with Gasteiger partial charge in [0.15, 0.2) is 0 Å². The van der Waals surface area contributed by atoms with Crippen LogP contribution in [0.25, 0.3) is 0 Å². The monoisotopic (exact) mass is 412 g/mol. The van der Waals surface area contributed by atoms with E-state index >= 15 is 0 Å². The molecule has 1 N–H and O–H groups in total. The number of nitrogens with zero attached hydrogens (tertiary/aromatic N) is 2. The summed E-state index contributed by atoms with van der Waals surface area (Å²) in [6.07, 6.45) is 2.94. The second-order valence-electron chi connectivity index (χ2n) is 8.55. The van der Waals surface area contributed by atoms with Crippen LogP contribution in [0.4, 0.5) is 0 Å². The summed E-state index contributed by atoms with van der Waals surface area (Å²) in [7, 11) is 0. The average molecular weight is 413 g/mol. The fourth-order valence-corrected chi connectivity index (χ4v) is 5.21. The maximum absolute atomic E-state index is 13.1. The number of hydrogen-bond donors (Lipinski definition) is 1. The predicted octanol–water partition coefficient (Wildman–Crippen LogP) is 3.73. The lowest BCUT2D eigenvalue weighted by atomic mass is 9.76. The van der Waals surface area contributed by atoms with E-state index in [0.29, 0.717) is 16.5 Å². The summed E-state index contributed by atoms with van der Waals surface area (Å²) < 4.78 is 0. The molecule has 0 unspecified atom stereocenters. The van der Waals surface area contributed by atoms with Crippen molar-refractivity contribution in [1.82, 2.24) is 9.80 Å². The van der Waals surface area contributed by atoms with Crippen LogP contribution in [0.15, 0.2) is 54.6 Å². The van der Waals surface area contributed by atoms with Gasteiger partial charge >= 0.3 is 0 Å². The number of rotatable bonds is 7. The standard InChI is InChI=1S/C24H29ClN2O2/c25-22-9-7-20(8-10-22)23(29)27-16-21-15-26(13-4-14-28)17-24(21,18-27)12-11-19-5-2-1-3-6-19/h1-3,5-10,21,28H,4,11-18H2/t21-,24+/m0/s1. The number of hydrogen-bond acceptors (Lipinski definition) is 3. The van der Waals surface area contributed by atoms with E-state index in [-0.39, 0.29) is 17.9 Å². The van der Waals surface area contributed by atoms with Crippen LogP contribution < -0.4 is 0 Å². The number of carbonyl (C=O) groups excluding carboxylic acids is 1. The number of halogens is 1. The van der Waals surface area contributed by atoms with Gasteiger partial charge in [-0.3, -0.25) is 4.79 Å². The molecule has 4 rings (SSSR count). The minimum absolute atomic E-state index is 0.108. The van der Waals surface area contributed by atoms with Crippen LogP contribution in [0.5, 0.6) is 0 Å². The number of carbonyl (C=O) groups is 1. The molecule has 0 aliphatic carbocycles. The largest absolute Gasteiger partial charge is 0.396 e. The van der Waals surface area contributed by atoms with Gasteiger partial charge < -0.3 is 14.9 Å². The number of amides is 1. The van der Waals surface area contributed by atoms with E-state index in [1.807, 2.05) is 17.0 Å². The van der Waals surface area contributed by atoms with Crippen molar-refractivity contribution < 1.29 is 9.90 Å². The minimum Gasteiger partial charge on any atom is -0.396 e. The van der Waals surface area contributed by atoms with Crippen LogP contribution in [0, 0.1) is 11.3 Å². The first kappa shape index (κ1) is 20.4. The van der Waals surface area contributed by atoms with Crippen molar-refractivity contribution in [3.05, 3.63) is 70.7 Å². The third kappa shape index (κ3) is 4.50. The molecule has 5 heteroatoms. The molecule has 0 aromatic heterocycles. The van der Waals surface area contributed by atoms with Crippen molar-refractivity contribution in [1.29, 1.82) is 0 Å². The second kappa shape index (κ2) is 8.86. The zero-order chi connectivity index (χ0) is 20.3. The fraction of sp³-hybridized carbons (Fsp3) is 0.458. The lowest BCUT2D eigenvalue weighted by molar-refractivity contribution is 0.0756. The van der Waals surface area contributed by atoms with Crippen molar-refractivity contribution in [3.8, 4) is 0 Å². The molecule has 0 bridgehead atoms. The summed E-state index contributed by atoms with van der Waals surface area (Å²) in [5.74, 6) is 0.596. The number of likely N-dealkylation sites (tertiary alicyclic amines) is 2. The Kier molecular flexibility index (Phi) is 6.23. The van der Waals surface area contributed by atoms with Gasteiger partial charge in [0, 0.05) is 55.3 Å². The van der Waals surface area contributed by atoms with Crippen molar-refractivity contribution in [2.24, 2.45) is 11.3 Å². The Balaban J connectivity index is 1.49. The third-order valence-electron chi connectivity index (χ3n) is 6.59. The Bertz CT molecular complexity index is 827. The smallest absolute Gasteiger partial charge is 0.253 e. The second-order valence-corrected chi connectivity index (χ2v) is 8.99. The molecule has 2 aliphatic heterocycles. The molecule has 0 spiro atoms. The highest BCUT2D eigenvalue weighted by Gasteiger charge is 2.52. The van der Waals surface area contributed by atoms with E-state index < -0.39 is 0 Å². The van der Waals surface area contributed by atoms with Gasteiger partial charge in [-0.2, -0.15) is 0 Å². The minimum atomic E-state index is 0.108. The summed E-state index contributed by atoms with van der Waals surface area (Å²) in [5.41, 5.74) is 2.20. The molecule has 2 aliphatic rings. The lowest BCUT2D eigenvalue weighted by Gasteiger charge is -2.30. The van der Waals surface area contributed by atoms with Gasteiger partial charge in [-0.15, -0.1) is 0 Å². The van der Waals surface area contributed by atoms with E-state index in [0.717, 1.165) is 52.0 Å². The number of benzene rings is 2. The lowest BCUT2D eigenvalue weighted by Crippen LogP contribution is -2.37. The molecule has 0 radical (unpaired) electrons. The van der Waals surface area contributed by atoms with Crippen molar-refractivity contribution in [2.75, 3.05) is 39.3 Å². The average Bonchev–Trinajstić information content (AvgIpc) is 3.25. The summed E-state index contributed by atoms with van der Waals surface area (Å²) in [5, 5.41) is 9.87. The van der Waals surface area contributed by atoms with Crippen LogP contribution in [0.2, 0.25) is 5.02 Å². The first-order valence-electron chi connectivity index (χ1n) is 10.5. The molecular formula is C24H29ClN2O2. The van der Waals surface area contributed by atoms with Gasteiger partial charge in [-0.1, -0.05) is 41.9 Å². The number of aliphatic hydroxyl groups excluding tert-OH is 1. The summed E-state index contributed by atoms with van der Waals surface area (Å²) in [6, 6.07) is 17.8. The molecule has 2 fully saturated rings. The van der Waals surface area contributed by atoms with E-state index in [4.69, 9.17) is 11.6 Å². The Labute approximate surface area is 178 Å². The molecule has 2 atom stereocenters. The van der Waals surface area contributed by atoms with Crippen molar-refractivity contribution >= 4 is 17.5 Å². The maximum Gasteiger partial charge on any atom is 0.253 e. The topological polar surface area (TPSA) is 43.8 Å².